The Morgan fingerprint density at radius 3 is 1.33 bits per heavy atom. The standard InChI is InChI=1S/C66H59N3O4/c1-4-51-22-24-54(25-23-51)26-27-55-28-30-56(31-29-55)32-33-57-34-36-58(37-35-57)38-39-59-40-42-63(43-41-59)68-64(70)44-45-65(71)73-69(2,3)47-13-46-67-66(72)62-49-60(20-11-18-52-14-7-5-8-15-52)48-61(50-62)21-12-19-53-16-9-6-10-17-53/h1,5-10,14-17,22-25,28-31,34-37,40-43,48-50H,11-13,18-21,44-47H2,2-3H3,(H-,67,68,70,72)/q+1/p+1. The molecular weight excluding hydrogens is 899 g/mol. The quantitative estimate of drug-likeness (QED) is 0.0295. The minimum absolute atomic E-state index is 0.0252. The number of hydroxylamine groups is 3. The summed E-state index contributed by atoms with van der Waals surface area (Å²) in [4.78, 5) is 44.8. The number of rotatable bonds is 18. The van der Waals surface area contributed by atoms with Gasteiger partial charge in [0, 0.05) is 69.6 Å². The normalized spacial score (nSPS) is 10.5. The Hall–Kier alpha value is -8.85. The number of hydrogen-bond acceptors (Lipinski definition) is 4. The van der Waals surface area contributed by atoms with Crippen LogP contribution in [0, 0.1) is 47.9 Å². The molecule has 7 nitrogen and oxygen atoms in total. The van der Waals surface area contributed by atoms with Gasteiger partial charge in [0.15, 0.2) is 0 Å². The second-order valence-electron chi connectivity index (χ2n) is 18.3. The molecule has 1 radical (unpaired) electrons. The fourth-order valence-electron chi connectivity index (χ4n) is 8.03. The van der Waals surface area contributed by atoms with E-state index in [4.69, 9.17) is 11.3 Å². The largest absolute Gasteiger partial charge is 0.639 e. The van der Waals surface area contributed by atoms with Gasteiger partial charge < -0.3 is 10.6 Å². The van der Waals surface area contributed by atoms with Crippen molar-refractivity contribution >= 4 is 23.5 Å². The van der Waals surface area contributed by atoms with E-state index in [9.17, 15) is 14.4 Å². The predicted molar refractivity (Wildman–Crippen MR) is 293 cm³/mol. The lowest BCUT2D eigenvalue weighted by molar-refractivity contribution is -1.06. The number of hydrogen-bond donors (Lipinski definition) is 2. The van der Waals surface area contributed by atoms with Gasteiger partial charge in [-0.05, 0) is 170 Å². The number of carbonyl (C=O) groups excluding carboxylic acids is 3. The van der Waals surface area contributed by atoms with E-state index in [1.165, 1.54) is 22.3 Å². The van der Waals surface area contributed by atoms with Crippen molar-refractivity contribution < 1.29 is 23.9 Å². The molecule has 73 heavy (non-hydrogen) atoms. The molecule has 7 heteroatoms. The predicted octanol–water partition coefficient (Wildman–Crippen LogP) is 11.3. The van der Waals surface area contributed by atoms with Gasteiger partial charge in [-0.2, -0.15) is 0 Å². The molecule has 0 heterocycles. The van der Waals surface area contributed by atoms with Crippen molar-refractivity contribution in [1.82, 2.24) is 5.32 Å². The minimum atomic E-state index is -0.476. The maximum atomic E-state index is 13.5. The summed E-state index contributed by atoms with van der Waals surface area (Å²) < 4.78 is -0.0296. The van der Waals surface area contributed by atoms with E-state index in [2.05, 4.69) is 107 Å². The highest BCUT2D eigenvalue weighted by Gasteiger charge is 2.33. The molecule has 0 bridgehead atoms. The Bertz CT molecular complexity index is 3130. The summed E-state index contributed by atoms with van der Waals surface area (Å²) in [6, 6.07) is 57.7. The second-order valence-corrected chi connectivity index (χ2v) is 18.3. The molecule has 0 aliphatic rings. The number of benzene rings is 7. The van der Waals surface area contributed by atoms with E-state index in [0.717, 1.165) is 77.5 Å². The van der Waals surface area contributed by atoms with E-state index >= 15 is 0 Å². The molecule has 0 aliphatic heterocycles. The van der Waals surface area contributed by atoms with Crippen LogP contribution in [0.1, 0.15) is 104 Å². The molecule has 0 aromatic heterocycles. The van der Waals surface area contributed by atoms with Gasteiger partial charge in [-0.25, -0.2) is 0 Å². The maximum Gasteiger partial charge on any atom is 0.639 e. The highest BCUT2D eigenvalue weighted by Crippen LogP contribution is 2.18. The molecule has 0 unspecified atom stereocenters. The molecule has 0 atom stereocenters. The zero-order chi connectivity index (χ0) is 51.1. The van der Waals surface area contributed by atoms with E-state index in [1.807, 2.05) is 109 Å². The van der Waals surface area contributed by atoms with Crippen molar-refractivity contribution in [2.24, 2.45) is 0 Å². The summed E-state index contributed by atoms with van der Waals surface area (Å²) >= 11 is 0. The molecule has 0 spiro atoms. The van der Waals surface area contributed by atoms with E-state index in [0.29, 0.717) is 30.8 Å². The summed E-state index contributed by atoms with van der Waals surface area (Å²) in [7, 11) is 3.58. The Morgan fingerprint density at radius 1 is 0.507 bits per heavy atom. The van der Waals surface area contributed by atoms with Gasteiger partial charge >= 0.3 is 5.97 Å². The fraction of sp³-hybridized carbons (Fsp3) is 0.197. The molecule has 2 N–H and O–H groups in total. The van der Waals surface area contributed by atoms with Crippen molar-refractivity contribution in [2.45, 2.75) is 57.8 Å². The van der Waals surface area contributed by atoms with Gasteiger partial charge in [-0.3, -0.25) is 9.59 Å². The summed E-state index contributed by atoms with van der Waals surface area (Å²) in [5.74, 6) is 20.8. The molecular formula is C66H60N3O4+2. The van der Waals surface area contributed by atoms with Crippen LogP contribution in [0.5, 0.6) is 0 Å². The number of anilines is 1. The molecule has 7 aromatic carbocycles. The topological polar surface area (TPSA) is 87.3 Å². The van der Waals surface area contributed by atoms with Crippen LogP contribution in [0.25, 0.3) is 0 Å². The lowest BCUT2D eigenvalue weighted by Gasteiger charge is -2.18. The van der Waals surface area contributed by atoms with Crippen molar-refractivity contribution in [3.63, 3.8) is 0 Å². The monoisotopic (exact) mass is 958 g/mol. The van der Waals surface area contributed by atoms with E-state index < -0.39 is 5.97 Å². The van der Waals surface area contributed by atoms with Crippen LogP contribution in [0.4, 0.5) is 5.69 Å². The van der Waals surface area contributed by atoms with Gasteiger partial charge in [0.05, 0.1) is 4.79 Å². The van der Waals surface area contributed by atoms with Gasteiger partial charge in [0.2, 0.25) is 5.91 Å². The van der Waals surface area contributed by atoms with Crippen molar-refractivity contribution in [3.05, 3.63) is 243 Å². The fourth-order valence-corrected chi connectivity index (χ4v) is 8.03. The SMILES string of the molecule is C#Cc1ccc(C#Cc2ccc(C#Cc3ccc(C#Cc4ccc(NC(=O)CCC(=[O+])O[N+](C)(C)CCCNC(=O)c5cc(CCCc6ccccc6)cc(CCCc6ccccc6)c5)cc4)cc3)cc2)cc1. The molecule has 7 aromatic rings. The van der Waals surface area contributed by atoms with E-state index in [-0.39, 0.29) is 29.3 Å². The Morgan fingerprint density at radius 2 is 0.904 bits per heavy atom. The molecule has 361 valence electrons. The van der Waals surface area contributed by atoms with E-state index in [1.54, 1.807) is 26.2 Å². The smallest absolute Gasteiger partial charge is 0.352 e. The second kappa shape index (κ2) is 26.9. The molecule has 0 aliphatic carbocycles. The van der Waals surface area contributed by atoms with Crippen molar-refractivity contribution in [2.75, 3.05) is 32.5 Å². The number of amides is 2. The van der Waals surface area contributed by atoms with Crippen LogP contribution in [0.15, 0.2) is 176 Å². The molecule has 0 saturated heterocycles. The van der Waals surface area contributed by atoms with Crippen LogP contribution in [-0.2, 0) is 40.1 Å². The van der Waals surface area contributed by atoms with Crippen molar-refractivity contribution in [3.8, 4) is 47.9 Å². The Labute approximate surface area is 431 Å². The van der Waals surface area contributed by atoms with Crippen LogP contribution in [0.2, 0.25) is 0 Å². The third-order valence-corrected chi connectivity index (χ3v) is 12.0. The first-order valence-electron chi connectivity index (χ1n) is 24.8. The minimum Gasteiger partial charge on any atom is -0.352 e. The van der Waals surface area contributed by atoms with Gasteiger partial charge in [0.1, 0.15) is 27.1 Å². The summed E-state index contributed by atoms with van der Waals surface area (Å²) in [6.45, 7) is 0.911. The lowest BCUT2D eigenvalue weighted by atomic mass is 9.96. The molecule has 7 rings (SSSR count). The first-order chi connectivity index (χ1) is 35.5. The van der Waals surface area contributed by atoms with Crippen molar-refractivity contribution in [1.29, 1.82) is 0 Å². The highest BCUT2D eigenvalue weighted by molar-refractivity contribution is 5.94. The highest BCUT2D eigenvalue weighted by atomic mass is 16.7. The van der Waals surface area contributed by atoms with Crippen LogP contribution < -0.4 is 10.6 Å². The summed E-state index contributed by atoms with van der Waals surface area (Å²) in [6.07, 6.45) is 11.7. The number of carbonyl (C=O) groups is 3. The number of quaternary nitrogens is 1. The summed E-state index contributed by atoms with van der Waals surface area (Å²) in [5, 5.41) is 5.93. The third kappa shape index (κ3) is 18.1. The van der Waals surface area contributed by atoms with Crippen LogP contribution >= 0.6 is 0 Å². The Kier molecular flexibility index (Phi) is 19.2. The average Bonchev–Trinajstić information content (AvgIpc) is 3.41. The zero-order valence-electron chi connectivity index (χ0n) is 41.7. The average molecular weight is 959 g/mol. The number of nitrogens with zero attached hydrogens (tertiary/aromatic N) is 1. The summed E-state index contributed by atoms with van der Waals surface area (Å²) in [5.41, 5.74) is 12.3. The third-order valence-electron chi connectivity index (χ3n) is 12.0. The zero-order valence-corrected chi connectivity index (χ0v) is 41.7. The van der Waals surface area contributed by atoms with Gasteiger partial charge in [-0.1, -0.05) is 118 Å². The number of nitrogens with one attached hydrogen (secondary N) is 2. The van der Waals surface area contributed by atoms with Crippen LogP contribution in [-0.4, -0.2) is 49.6 Å². The molecule has 0 fully saturated rings. The molecule has 0 saturated carbocycles. The van der Waals surface area contributed by atoms with Gasteiger partial charge in [0.25, 0.3) is 5.91 Å². The lowest BCUT2D eigenvalue weighted by Crippen LogP contribution is -2.43. The molecule has 2 amide bonds. The number of aryl methyl sites for hydroxylation is 4. The van der Waals surface area contributed by atoms with Gasteiger partial charge in [-0.15, -0.1) is 6.42 Å². The first kappa shape index (κ1) is 52.0. The maximum absolute atomic E-state index is 13.5. The number of terminal acetylenes is 1. The Balaban J connectivity index is 0.801. The van der Waals surface area contributed by atoms with Crippen LogP contribution in [0.3, 0.4) is 0 Å². The first-order valence-corrected chi connectivity index (χ1v) is 24.8.